The maximum absolute atomic E-state index is 13.2. The number of ether oxygens (including phenoxy) is 1. The van der Waals surface area contributed by atoms with Gasteiger partial charge < -0.3 is 26.4 Å². The molecule has 5 N–H and O–H groups in total. The molecular formula is C25H36N6O7S. The van der Waals surface area contributed by atoms with E-state index in [2.05, 4.69) is 15.0 Å². The van der Waals surface area contributed by atoms with Crippen molar-refractivity contribution in [2.45, 2.75) is 62.4 Å². The third kappa shape index (κ3) is 7.99. The summed E-state index contributed by atoms with van der Waals surface area (Å²) in [7, 11) is -2.66. The summed E-state index contributed by atoms with van der Waals surface area (Å²) in [6.45, 7) is 0.143. The minimum atomic E-state index is -3.74. The summed E-state index contributed by atoms with van der Waals surface area (Å²) in [4.78, 5) is 56.1. The van der Waals surface area contributed by atoms with Crippen LogP contribution in [-0.4, -0.2) is 92.0 Å². The Balaban J connectivity index is 1.62. The molecule has 39 heavy (non-hydrogen) atoms. The minimum Gasteiger partial charge on any atom is -0.463 e. The van der Waals surface area contributed by atoms with E-state index in [9.17, 15) is 27.6 Å². The van der Waals surface area contributed by atoms with E-state index in [1.54, 1.807) is 30.3 Å². The van der Waals surface area contributed by atoms with Gasteiger partial charge in [0, 0.05) is 19.1 Å². The minimum absolute atomic E-state index is 0.0138. The maximum atomic E-state index is 13.2. The Morgan fingerprint density at radius 1 is 1.13 bits per heavy atom. The first-order chi connectivity index (χ1) is 18.5. The Kier molecular flexibility index (Phi) is 10.4. The topological polar surface area (TPSA) is 195 Å². The molecule has 2 fully saturated rings. The van der Waals surface area contributed by atoms with Gasteiger partial charge in [-0.05, 0) is 31.2 Å². The van der Waals surface area contributed by atoms with Crippen LogP contribution >= 0.6 is 0 Å². The highest BCUT2D eigenvalue weighted by Gasteiger charge is 2.47. The number of rotatable bonds is 13. The quantitative estimate of drug-likeness (QED) is 0.0908. The number of fused-ring (bicyclic) bond motifs is 1. The molecule has 14 heteroatoms. The number of Topliss-reactive ketones (excluding diaryl/α,β-unsaturated/α-hetero) is 1. The summed E-state index contributed by atoms with van der Waals surface area (Å²) in [5, 5.41) is 2.63. The number of carbonyl (C=O) groups is 4. The van der Waals surface area contributed by atoms with Gasteiger partial charge in [0.25, 0.3) is 5.78 Å². The summed E-state index contributed by atoms with van der Waals surface area (Å²) < 4.78 is 31.7. The van der Waals surface area contributed by atoms with Crippen LogP contribution in [0.25, 0.3) is 0 Å². The molecule has 0 aliphatic carbocycles. The van der Waals surface area contributed by atoms with Crippen molar-refractivity contribution in [3.05, 3.63) is 35.9 Å². The molecule has 3 rings (SSSR count). The van der Waals surface area contributed by atoms with Crippen LogP contribution in [0.1, 0.15) is 44.1 Å². The zero-order chi connectivity index (χ0) is 28.6. The first kappa shape index (κ1) is 30.0. The van der Waals surface area contributed by atoms with Gasteiger partial charge in [-0.1, -0.05) is 43.2 Å². The van der Waals surface area contributed by atoms with Gasteiger partial charge in [0.05, 0.1) is 25.4 Å². The fraction of sp³-hybridized carbons (Fsp3) is 0.560. The molecule has 2 aliphatic heterocycles. The molecule has 0 saturated carbocycles. The number of ketones is 1. The molecule has 0 radical (unpaired) electrons. The molecule has 0 bridgehead atoms. The molecule has 0 spiro atoms. The van der Waals surface area contributed by atoms with Gasteiger partial charge in [0.2, 0.25) is 21.8 Å². The van der Waals surface area contributed by atoms with E-state index in [1.165, 1.54) is 9.21 Å². The second kappa shape index (κ2) is 13.5. The average molecular weight is 565 g/mol. The predicted octanol–water partition coefficient (Wildman–Crippen LogP) is -0.748. The van der Waals surface area contributed by atoms with E-state index < -0.39 is 51.7 Å². The van der Waals surface area contributed by atoms with Crippen molar-refractivity contribution < 1.29 is 32.3 Å². The van der Waals surface area contributed by atoms with Crippen molar-refractivity contribution in [2.75, 3.05) is 26.7 Å². The Hall–Kier alpha value is -3.52. The summed E-state index contributed by atoms with van der Waals surface area (Å²) >= 11 is 0. The number of benzene rings is 1. The number of carbonyl (C=O) groups excluding carboxylic acids is 4. The lowest BCUT2D eigenvalue weighted by Gasteiger charge is -2.38. The van der Waals surface area contributed by atoms with Crippen molar-refractivity contribution >= 4 is 39.5 Å². The number of aliphatic imine (C=N–C) groups is 1. The van der Waals surface area contributed by atoms with Crippen LogP contribution < -0.4 is 16.8 Å². The van der Waals surface area contributed by atoms with Crippen LogP contribution in [-0.2, 0) is 39.7 Å². The van der Waals surface area contributed by atoms with Crippen LogP contribution in [0.15, 0.2) is 35.3 Å². The molecule has 2 aliphatic rings. The molecule has 3 atom stereocenters. The summed E-state index contributed by atoms with van der Waals surface area (Å²) in [5.74, 6) is -3.22. The van der Waals surface area contributed by atoms with Crippen LogP contribution in [0.2, 0.25) is 0 Å². The van der Waals surface area contributed by atoms with Gasteiger partial charge in [-0.3, -0.25) is 19.4 Å². The standard InChI is InChI=1S/C25H36N6O7S/c1-38-24(35)22(33)19(10-6-3-7-13-28-25(26)27)29-23(34)20-12-11-18-14-30(15-21(32)31(18)20)39(36,37)16-17-8-4-2-5-9-17/h2,4-5,8-9,18-20H,3,6-7,10-16H2,1H3,(H,29,34)(H4,26,27,28)/t18-,19?,20-/m0/s1. The third-order valence-electron chi connectivity index (χ3n) is 6.87. The van der Waals surface area contributed by atoms with Crippen LogP contribution in [0, 0.1) is 0 Å². The first-order valence-electron chi connectivity index (χ1n) is 12.8. The van der Waals surface area contributed by atoms with Gasteiger partial charge in [0.15, 0.2) is 5.96 Å². The Morgan fingerprint density at radius 3 is 2.51 bits per heavy atom. The van der Waals surface area contributed by atoms with Crippen molar-refractivity contribution in [3.63, 3.8) is 0 Å². The monoisotopic (exact) mass is 564 g/mol. The zero-order valence-electron chi connectivity index (χ0n) is 22.0. The summed E-state index contributed by atoms with van der Waals surface area (Å²) in [5.41, 5.74) is 11.2. The molecule has 1 aromatic rings. The SMILES string of the molecule is COC(=O)C(=O)C(CCCCCN=C(N)N)NC(=O)[C@@H]1CC[C@H]2CN(S(=O)(=O)Cc3ccccc3)CC(=O)N21. The second-order valence-electron chi connectivity index (χ2n) is 9.66. The maximum Gasteiger partial charge on any atom is 0.376 e. The lowest BCUT2D eigenvalue weighted by Crippen LogP contribution is -2.60. The number of esters is 1. The van der Waals surface area contributed by atoms with Crippen LogP contribution in [0.4, 0.5) is 0 Å². The predicted molar refractivity (Wildman–Crippen MR) is 142 cm³/mol. The average Bonchev–Trinajstić information content (AvgIpc) is 3.34. The van der Waals surface area contributed by atoms with Crippen LogP contribution in [0.5, 0.6) is 0 Å². The third-order valence-corrected chi connectivity index (χ3v) is 8.63. The highest BCUT2D eigenvalue weighted by atomic mass is 32.2. The normalized spacial score (nSPS) is 20.1. The summed E-state index contributed by atoms with van der Waals surface area (Å²) in [6, 6.07) is 6.27. The van der Waals surface area contributed by atoms with Gasteiger partial charge in [0.1, 0.15) is 6.04 Å². The smallest absolute Gasteiger partial charge is 0.376 e. The Labute approximate surface area is 228 Å². The van der Waals surface area contributed by atoms with E-state index in [0.29, 0.717) is 44.2 Å². The van der Waals surface area contributed by atoms with Crippen molar-refractivity contribution in [2.24, 2.45) is 16.5 Å². The molecule has 2 heterocycles. The van der Waals surface area contributed by atoms with Crippen molar-refractivity contribution in [3.8, 4) is 0 Å². The number of guanidine groups is 1. The number of methoxy groups -OCH3 is 1. The largest absolute Gasteiger partial charge is 0.463 e. The molecule has 13 nitrogen and oxygen atoms in total. The lowest BCUT2D eigenvalue weighted by molar-refractivity contribution is -0.153. The molecule has 2 amide bonds. The molecule has 2 saturated heterocycles. The molecule has 1 aromatic carbocycles. The van der Waals surface area contributed by atoms with Gasteiger partial charge in [-0.2, -0.15) is 4.31 Å². The van der Waals surface area contributed by atoms with Gasteiger partial charge >= 0.3 is 5.97 Å². The number of hydrogen-bond acceptors (Lipinski definition) is 8. The number of unbranched alkanes of at least 4 members (excludes halogenated alkanes) is 2. The van der Waals surface area contributed by atoms with Crippen LogP contribution in [0.3, 0.4) is 0 Å². The summed E-state index contributed by atoms with van der Waals surface area (Å²) in [6.07, 6.45) is 2.76. The van der Waals surface area contributed by atoms with Crippen molar-refractivity contribution in [1.82, 2.24) is 14.5 Å². The number of sulfonamides is 1. The first-order valence-corrected chi connectivity index (χ1v) is 14.4. The molecular weight excluding hydrogens is 528 g/mol. The Bertz CT molecular complexity index is 1190. The van der Waals surface area contributed by atoms with E-state index in [-0.39, 0.29) is 31.2 Å². The number of nitrogens with zero attached hydrogens (tertiary/aromatic N) is 3. The van der Waals surface area contributed by atoms with E-state index in [1.807, 2.05) is 0 Å². The number of piperazine rings is 1. The second-order valence-corrected chi connectivity index (χ2v) is 11.6. The number of amides is 2. The van der Waals surface area contributed by atoms with Gasteiger partial charge in [-0.15, -0.1) is 0 Å². The highest BCUT2D eigenvalue weighted by molar-refractivity contribution is 7.88. The van der Waals surface area contributed by atoms with E-state index >= 15 is 0 Å². The zero-order valence-corrected chi connectivity index (χ0v) is 22.8. The number of nitrogens with two attached hydrogens (primary N) is 2. The number of hydrogen-bond donors (Lipinski definition) is 3. The molecule has 0 aromatic heterocycles. The van der Waals surface area contributed by atoms with E-state index in [4.69, 9.17) is 11.5 Å². The fourth-order valence-corrected chi connectivity index (χ4v) is 6.44. The number of nitrogens with one attached hydrogen (secondary N) is 1. The lowest BCUT2D eigenvalue weighted by atomic mass is 10.0. The van der Waals surface area contributed by atoms with Crippen molar-refractivity contribution in [1.29, 1.82) is 0 Å². The fourth-order valence-electron chi connectivity index (χ4n) is 4.94. The Morgan fingerprint density at radius 2 is 1.85 bits per heavy atom. The van der Waals surface area contributed by atoms with E-state index in [0.717, 1.165) is 7.11 Å². The highest BCUT2D eigenvalue weighted by Crippen LogP contribution is 2.30. The molecule has 214 valence electrons. The van der Waals surface area contributed by atoms with Gasteiger partial charge in [-0.25, -0.2) is 13.2 Å². The molecule has 1 unspecified atom stereocenters.